The van der Waals surface area contributed by atoms with E-state index in [0.717, 1.165) is 37.7 Å². The number of benzene rings is 1. The van der Waals surface area contributed by atoms with Crippen LogP contribution in [0.15, 0.2) is 63.0 Å². The Balaban J connectivity index is 1.50. The molecule has 0 spiro atoms. The standard InChI is InChI=1S/C20H28N4O3S/c1-2-21-20(23-16-18-7-6-14-27-18)22-15-17-10-12-24(13-11-17)28(25,26)19-8-4-3-5-9-19/h3-9,14,17H,2,10-13,15-16H2,1H3,(H2,21,22,23). The normalized spacial score (nSPS) is 16.8. The fourth-order valence-corrected chi connectivity index (χ4v) is 4.73. The number of guanidine groups is 1. The van der Waals surface area contributed by atoms with Gasteiger partial charge in [-0.15, -0.1) is 0 Å². The van der Waals surface area contributed by atoms with Crippen LogP contribution in [0.1, 0.15) is 25.5 Å². The minimum absolute atomic E-state index is 0.367. The Morgan fingerprint density at radius 2 is 1.89 bits per heavy atom. The SMILES string of the molecule is CCNC(=NCc1ccco1)NCC1CCN(S(=O)(=O)c2ccccc2)CC1. The summed E-state index contributed by atoms with van der Waals surface area (Å²) in [6.45, 7) is 5.14. The quantitative estimate of drug-likeness (QED) is 0.547. The molecule has 0 bridgehead atoms. The van der Waals surface area contributed by atoms with Crippen LogP contribution >= 0.6 is 0 Å². The third kappa shape index (κ3) is 5.36. The van der Waals surface area contributed by atoms with E-state index in [1.165, 1.54) is 0 Å². The average molecular weight is 405 g/mol. The lowest BCUT2D eigenvalue weighted by molar-refractivity contribution is 0.273. The lowest BCUT2D eigenvalue weighted by Crippen LogP contribution is -2.44. The van der Waals surface area contributed by atoms with Crippen molar-refractivity contribution in [1.29, 1.82) is 0 Å². The van der Waals surface area contributed by atoms with Crippen LogP contribution in [0.5, 0.6) is 0 Å². The number of rotatable bonds is 7. The molecule has 0 amide bonds. The van der Waals surface area contributed by atoms with Crippen LogP contribution in [0.2, 0.25) is 0 Å². The highest BCUT2D eigenvalue weighted by molar-refractivity contribution is 7.89. The van der Waals surface area contributed by atoms with Crippen LogP contribution in [0, 0.1) is 5.92 Å². The van der Waals surface area contributed by atoms with Gasteiger partial charge in [-0.1, -0.05) is 18.2 Å². The molecule has 3 rings (SSSR count). The highest BCUT2D eigenvalue weighted by Crippen LogP contribution is 2.23. The first-order valence-electron chi connectivity index (χ1n) is 9.69. The molecular formula is C20H28N4O3S. The molecule has 152 valence electrons. The predicted molar refractivity (Wildman–Crippen MR) is 109 cm³/mol. The second-order valence-electron chi connectivity index (χ2n) is 6.82. The molecule has 1 aromatic carbocycles. The molecule has 0 atom stereocenters. The number of hydrogen-bond donors (Lipinski definition) is 2. The zero-order valence-corrected chi connectivity index (χ0v) is 17.0. The van der Waals surface area contributed by atoms with E-state index in [0.29, 0.717) is 30.4 Å². The molecule has 1 fully saturated rings. The Kier molecular flexibility index (Phi) is 7.11. The second kappa shape index (κ2) is 9.75. The number of piperidine rings is 1. The monoisotopic (exact) mass is 404 g/mol. The van der Waals surface area contributed by atoms with E-state index in [9.17, 15) is 8.42 Å². The summed E-state index contributed by atoms with van der Waals surface area (Å²) < 4.78 is 32.3. The fourth-order valence-electron chi connectivity index (χ4n) is 3.24. The van der Waals surface area contributed by atoms with Crippen molar-refractivity contribution in [3.05, 3.63) is 54.5 Å². The predicted octanol–water partition coefficient (Wildman–Crippen LogP) is 2.44. The molecule has 0 aliphatic carbocycles. The first kappa shape index (κ1) is 20.4. The number of hydrogen-bond acceptors (Lipinski definition) is 4. The molecule has 28 heavy (non-hydrogen) atoms. The van der Waals surface area contributed by atoms with Gasteiger partial charge < -0.3 is 15.1 Å². The molecule has 2 heterocycles. The van der Waals surface area contributed by atoms with E-state index >= 15 is 0 Å². The van der Waals surface area contributed by atoms with Crippen molar-refractivity contribution in [2.24, 2.45) is 10.9 Å². The van der Waals surface area contributed by atoms with Crippen LogP contribution in [0.25, 0.3) is 0 Å². The van der Waals surface area contributed by atoms with Crippen molar-refractivity contribution in [3.8, 4) is 0 Å². The summed E-state index contributed by atoms with van der Waals surface area (Å²) in [6, 6.07) is 12.4. The fraction of sp³-hybridized carbons (Fsp3) is 0.450. The Labute approximate surface area is 166 Å². The summed E-state index contributed by atoms with van der Waals surface area (Å²) in [5, 5.41) is 6.60. The van der Waals surface area contributed by atoms with E-state index < -0.39 is 10.0 Å². The Hall–Kier alpha value is -2.32. The highest BCUT2D eigenvalue weighted by Gasteiger charge is 2.29. The first-order chi connectivity index (χ1) is 13.6. The molecule has 2 N–H and O–H groups in total. The van der Waals surface area contributed by atoms with Crippen molar-refractivity contribution in [3.63, 3.8) is 0 Å². The molecule has 7 nitrogen and oxygen atoms in total. The molecular weight excluding hydrogens is 376 g/mol. The van der Waals surface area contributed by atoms with Gasteiger partial charge in [0.25, 0.3) is 0 Å². The first-order valence-corrected chi connectivity index (χ1v) is 11.1. The van der Waals surface area contributed by atoms with Crippen LogP contribution in [0.3, 0.4) is 0 Å². The van der Waals surface area contributed by atoms with Crippen LogP contribution in [-0.4, -0.2) is 44.9 Å². The second-order valence-corrected chi connectivity index (χ2v) is 8.75. The number of nitrogens with zero attached hydrogens (tertiary/aromatic N) is 2. The van der Waals surface area contributed by atoms with Crippen molar-refractivity contribution in [1.82, 2.24) is 14.9 Å². The maximum absolute atomic E-state index is 12.7. The van der Waals surface area contributed by atoms with Gasteiger partial charge in [0.2, 0.25) is 10.0 Å². The molecule has 1 saturated heterocycles. The van der Waals surface area contributed by atoms with Crippen LogP contribution in [-0.2, 0) is 16.6 Å². The van der Waals surface area contributed by atoms with Gasteiger partial charge in [-0.25, -0.2) is 13.4 Å². The summed E-state index contributed by atoms with van der Waals surface area (Å²) >= 11 is 0. The highest BCUT2D eigenvalue weighted by atomic mass is 32.2. The van der Waals surface area contributed by atoms with Gasteiger partial charge in [-0.05, 0) is 49.9 Å². The van der Waals surface area contributed by atoms with E-state index in [1.54, 1.807) is 34.8 Å². The third-order valence-corrected chi connectivity index (χ3v) is 6.74. The van der Waals surface area contributed by atoms with Crippen molar-refractivity contribution >= 4 is 16.0 Å². The van der Waals surface area contributed by atoms with Gasteiger partial charge in [0.05, 0.1) is 11.2 Å². The van der Waals surface area contributed by atoms with Crippen molar-refractivity contribution in [2.75, 3.05) is 26.2 Å². The van der Waals surface area contributed by atoms with Crippen molar-refractivity contribution in [2.45, 2.75) is 31.2 Å². The summed E-state index contributed by atoms with van der Waals surface area (Å²) in [5.41, 5.74) is 0. The van der Waals surface area contributed by atoms with Gasteiger partial charge in [0.15, 0.2) is 5.96 Å². The lowest BCUT2D eigenvalue weighted by Gasteiger charge is -2.31. The molecule has 1 aromatic heterocycles. The number of aliphatic imine (C=N–C) groups is 1. The Bertz CT molecular complexity index is 843. The molecule has 1 aliphatic rings. The van der Waals surface area contributed by atoms with Gasteiger partial charge in [0.1, 0.15) is 12.3 Å². The third-order valence-electron chi connectivity index (χ3n) is 4.83. The van der Waals surface area contributed by atoms with Gasteiger partial charge >= 0.3 is 0 Å². The van der Waals surface area contributed by atoms with Crippen LogP contribution < -0.4 is 10.6 Å². The zero-order valence-electron chi connectivity index (χ0n) is 16.2. The van der Waals surface area contributed by atoms with E-state index in [1.807, 2.05) is 25.1 Å². The summed E-state index contributed by atoms with van der Waals surface area (Å²) in [5.74, 6) is 1.98. The lowest BCUT2D eigenvalue weighted by atomic mass is 9.98. The van der Waals surface area contributed by atoms with Crippen molar-refractivity contribution < 1.29 is 12.8 Å². The molecule has 1 aliphatic heterocycles. The van der Waals surface area contributed by atoms with Gasteiger partial charge in [-0.3, -0.25) is 0 Å². The molecule has 0 saturated carbocycles. The summed E-state index contributed by atoms with van der Waals surface area (Å²) in [6.07, 6.45) is 3.30. The molecule has 8 heteroatoms. The average Bonchev–Trinajstić information content (AvgIpc) is 3.25. The maximum atomic E-state index is 12.7. The largest absolute Gasteiger partial charge is 0.467 e. The van der Waals surface area contributed by atoms with E-state index in [4.69, 9.17) is 4.42 Å². The number of nitrogens with one attached hydrogen (secondary N) is 2. The smallest absolute Gasteiger partial charge is 0.243 e. The number of furan rings is 1. The summed E-state index contributed by atoms with van der Waals surface area (Å²) in [7, 11) is -3.39. The topological polar surface area (TPSA) is 86.9 Å². The van der Waals surface area contributed by atoms with Gasteiger partial charge in [-0.2, -0.15) is 4.31 Å². The maximum Gasteiger partial charge on any atom is 0.243 e. The van der Waals surface area contributed by atoms with Crippen LogP contribution in [0.4, 0.5) is 0 Å². The van der Waals surface area contributed by atoms with Gasteiger partial charge in [0, 0.05) is 26.2 Å². The number of sulfonamides is 1. The van der Waals surface area contributed by atoms with E-state index in [-0.39, 0.29) is 0 Å². The summed E-state index contributed by atoms with van der Waals surface area (Å²) in [4.78, 5) is 4.90. The Morgan fingerprint density at radius 3 is 2.54 bits per heavy atom. The molecule has 0 unspecified atom stereocenters. The zero-order chi connectivity index (χ0) is 19.8. The molecule has 0 radical (unpaired) electrons. The molecule has 2 aromatic rings. The minimum Gasteiger partial charge on any atom is -0.467 e. The Morgan fingerprint density at radius 1 is 1.14 bits per heavy atom. The minimum atomic E-state index is -3.39. The van der Waals surface area contributed by atoms with E-state index in [2.05, 4.69) is 15.6 Å².